The van der Waals surface area contributed by atoms with Crippen molar-refractivity contribution in [2.24, 2.45) is 0 Å². The number of H-pyrrole nitrogens is 2. The Morgan fingerprint density at radius 1 is 1.00 bits per heavy atom. The van der Waals surface area contributed by atoms with Crippen molar-refractivity contribution < 1.29 is 4.74 Å². The van der Waals surface area contributed by atoms with Crippen molar-refractivity contribution in [3.63, 3.8) is 0 Å². The number of rotatable bonds is 7. The third-order valence-corrected chi connectivity index (χ3v) is 3.95. The molecule has 0 fully saturated rings. The number of aromatic amines is 2. The Labute approximate surface area is 150 Å². The van der Waals surface area contributed by atoms with E-state index in [0.29, 0.717) is 12.4 Å². The number of hydrogen-bond acceptors (Lipinski definition) is 4. The SMILES string of the molecule is Cc1cc(OCCCc2ccccc2)ccc1Nc1cc(=O)[nH]c(=O)[nH]1. The second-order valence-corrected chi connectivity index (χ2v) is 6.04. The lowest BCUT2D eigenvalue weighted by Crippen LogP contribution is -2.22. The van der Waals surface area contributed by atoms with Crippen LogP contribution in [0.2, 0.25) is 0 Å². The van der Waals surface area contributed by atoms with E-state index in [0.717, 1.165) is 29.8 Å². The van der Waals surface area contributed by atoms with E-state index < -0.39 is 11.2 Å². The molecule has 0 radical (unpaired) electrons. The van der Waals surface area contributed by atoms with Gasteiger partial charge in [-0.3, -0.25) is 14.8 Å². The van der Waals surface area contributed by atoms with Crippen molar-refractivity contribution >= 4 is 11.5 Å². The zero-order valence-electron chi connectivity index (χ0n) is 14.5. The van der Waals surface area contributed by atoms with E-state index in [1.165, 1.54) is 11.6 Å². The summed E-state index contributed by atoms with van der Waals surface area (Å²) in [6.45, 7) is 2.58. The molecule has 26 heavy (non-hydrogen) atoms. The number of aromatic nitrogens is 2. The van der Waals surface area contributed by atoms with Crippen molar-refractivity contribution in [2.75, 3.05) is 11.9 Å². The van der Waals surface area contributed by atoms with Crippen LogP contribution in [-0.4, -0.2) is 16.6 Å². The number of nitrogens with one attached hydrogen (secondary N) is 3. The largest absolute Gasteiger partial charge is 0.494 e. The van der Waals surface area contributed by atoms with Gasteiger partial charge < -0.3 is 10.1 Å². The third kappa shape index (κ3) is 4.86. The second-order valence-electron chi connectivity index (χ2n) is 6.04. The van der Waals surface area contributed by atoms with E-state index in [9.17, 15) is 9.59 Å². The summed E-state index contributed by atoms with van der Waals surface area (Å²) in [6, 6.07) is 17.3. The van der Waals surface area contributed by atoms with E-state index in [1.807, 2.05) is 43.3 Å². The molecule has 6 nitrogen and oxygen atoms in total. The normalized spacial score (nSPS) is 10.5. The molecule has 0 aliphatic carbocycles. The van der Waals surface area contributed by atoms with Crippen molar-refractivity contribution in [3.05, 3.63) is 86.6 Å². The molecule has 3 aromatic rings. The quantitative estimate of drug-likeness (QED) is 0.571. The average molecular weight is 351 g/mol. The Hall–Kier alpha value is -3.28. The fourth-order valence-corrected chi connectivity index (χ4v) is 2.66. The van der Waals surface area contributed by atoms with Gasteiger partial charge in [-0.05, 0) is 49.1 Å². The molecule has 134 valence electrons. The van der Waals surface area contributed by atoms with Crippen LogP contribution in [0.4, 0.5) is 11.5 Å². The number of aryl methyl sites for hydroxylation is 2. The van der Waals surface area contributed by atoms with Crippen LogP contribution in [0.25, 0.3) is 0 Å². The molecule has 0 bridgehead atoms. The number of hydrogen-bond donors (Lipinski definition) is 3. The van der Waals surface area contributed by atoms with Gasteiger partial charge in [-0.2, -0.15) is 0 Å². The van der Waals surface area contributed by atoms with E-state index in [-0.39, 0.29) is 0 Å². The minimum atomic E-state index is -0.545. The van der Waals surface area contributed by atoms with Crippen LogP contribution in [-0.2, 0) is 6.42 Å². The van der Waals surface area contributed by atoms with E-state index in [4.69, 9.17) is 4.74 Å². The van der Waals surface area contributed by atoms with Crippen LogP contribution in [0.5, 0.6) is 5.75 Å². The average Bonchev–Trinajstić information content (AvgIpc) is 2.61. The molecule has 0 saturated heterocycles. The summed E-state index contributed by atoms with van der Waals surface area (Å²) < 4.78 is 5.81. The second kappa shape index (κ2) is 8.20. The summed E-state index contributed by atoms with van der Waals surface area (Å²) >= 11 is 0. The first kappa shape index (κ1) is 17.5. The molecule has 0 spiro atoms. The summed E-state index contributed by atoms with van der Waals surface area (Å²) in [5.74, 6) is 1.14. The van der Waals surface area contributed by atoms with Crippen molar-refractivity contribution in [3.8, 4) is 5.75 Å². The summed E-state index contributed by atoms with van der Waals surface area (Å²) in [6.07, 6.45) is 1.92. The maximum Gasteiger partial charge on any atom is 0.327 e. The van der Waals surface area contributed by atoms with Gasteiger partial charge in [0.05, 0.1) is 6.61 Å². The molecule has 0 unspecified atom stereocenters. The fraction of sp³-hybridized carbons (Fsp3) is 0.200. The minimum Gasteiger partial charge on any atom is -0.494 e. The standard InChI is InChI=1S/C20H21N3O3/c1-14-12-16(26-11-5-8-15-6-3-2-4-7-15)9-10-17(14)21-18-13-19(24)23-20(25)22-18/h2-4,6-7,9-10,12-13H,5,8,11H2,1H3,(H3,21,22,23,24,25). The highest BCUT2D eigenvalue weighted by molar-refractivity contribution is 5.61. The van der Waals surface area contributed by atoms with Gasteiger partial charge in [-0.1, -0.05) is 30.3 Å². The third-order valence-electron chi connectivity index (χ3n) is 3.95. The van der Waals surface area contributed by atoms with Crippen molar-refractivity contribution in [2.45, 2.75) is 19.8 Å². The lowest BCUT2D eigenvalue weighted by Gasteiger charge is -2.12. The molecular weight excluding hydrogens is 330 g/mol. The van der Waals surface area contributed by atoms with E-state index >= 15 is 0 Å². The maximum absolute atomic E-state index is 11.4. The van der Waals surface area contributed by atoms with Crippen molar-refractivity contribution in [1.82, 2.24) is 9.97 Å². The van der Waals surface area contributed by atoms with Crippen LogP contribution in [0.15, 0.2) is 64.2 Å². The van der Waals surface area contributed by atoms with Crippen LogP contribution >= 0.6 is 0 Å². The Bertz CT molecular complexity index is 949. The molecule has 0 aliphatic heterocycles. The molecule has 0 saturated carbocycles. The van der Waals surface area contributed by atoms with Gasteiger partial charge in [0, 0.05) is 11.8 Å². The van der Waals surface area contributed by atoms with Gasteiger partial charge in [0.2, 0.25) is 0 Å². The van der Waals surface area contributed by atoms with Gasteiger partial charge >= 0.3 is 5.69 Å². The van der Waals surface area contributed by atoms with Crippen LogP contribution in [0.3, 0.4) is 0 Å². The molecule has 1 aromatic heterocycles. The smallest absolute Gasteiger partial charge is 0.327 e. The number of benzene rings is 2. The molecule has 1 heterocycles. The highest BCUT2D eigenvalue weighted by Crippen LogP contribution is 2.23. The van der Waals surface area contributed by atoms with E-state index in [1.54, 1.807) is 0 Å². The van der Waals surface area contributed by atoms with Crippen LogP contribution < -0.4 is 21.3 Å². The predicted molar refractivity (Wildman–Crippen MR) is 102 cm³/mol. The lowest BCUT2D eigenvalue weighted by atomic mass is 10.1. The maximum atomic E-state index is 11.4. The molecule has 0 atom stereocenters. The van der Waals surface area contributed by atoms with Gasteiger partial charge in [0.15, 0.2) is 0 Å². The molecule has 6 heteroatoms. The minimum absolute atomic E-state index is 0.346. The Kier molecular flexibility index (Phi) is 5.53. The monoisotopic (exact) mass is 351 g/mol. The molecule has 3 N–H and O–H groups in total. The summed E-state index contributed by atoms with van der Waals surface area (Å²) in [7, 11) is 0. The summed E-state index contributed by atoms with van der Waals surface area (Å²) in [4.78, 5) is 27.3. The molecular formula is C20H21N3O3. The topological polar surface area (TPSA) is 87.0 Å². The fourth-order valence-electron chi connectivity index (χ4n) is 2.66. The van der Waals surface area contributed by atoms with E-state index in [2.05, 4.69) is 27.4 Å². The lowest BCUT2D eigenvalue weighted by molar-refractivity contribution is 0.311. The Morgan fingerprint density at radius 2 is 1.81 bits per heavy atom. The van der Waals surface area contributed by atoms with Gasteiger partial charge in [-0.15, -0.1) is 0 Å². The first-order valence-electron chi connectivity index (χ1n) is 8.48. The first-order chi connectivity index (χ1) is 12.6. The molecule has 0 amide bonds. The number of anilines is 2. The summed E-state index contributed by atoms with van der Waals surface area (Å²) in [5, 5.41) is 3.04. The highest BCUT2D eigenvalue weighted by atomic mass is 16.5. The van der Waals surface area contributed by atoms with Crippen LogP contribution in [0.1, 0.15) is 17.5 Å². The highest BCUT2D eigenvalue weighted by Gasteiger charge is 2.04. The molecule has 0 aliphatic rings. The van der Waals surface area contributed by atoms with Gasteiger partial charge in [0.25, 0.3) is 5.56 Å². The number of ether oxygens (including phenoxy) is 1. The summed E-state index contributed by atoms with van der Waals surface area (Å²) in [5.41, 5.74) is 2.05. The van der Waals surface area contributed by atoms with Gasteiger partial charge in [-0.25, -0.2) is 4.79 Å². The molecule has 2 aromatic carbocycles. The van der Waals surface area contributed by atoms with Gasteiger partial charge in [0.1, 0.15) is 11.6 Å². The Morgan fingerprint density at radius 3 is 2.54 bits per heavy atom. The van der Waals surface area contributed by atoms with Crippen LogP contribution in [0, 0.1) is 6.92 Å². The molecule has 3 rings (SSSR count). The zero-order chi connectivity index (χ0) is 18.4. The zero-order valence-corrected chi connectivity index (χ0v) is 14.5. The van der Waals surface area contributed by atoms with Crippen molar-refractivity contribution in [1.29, 1.82) is 0 Å². The Balaban J connectivity index is 1.57. The predicted octanol–water partition coefficient (Wildman–Crippen LogP) is 3.13. The first-order valence-corrected chi connectivity index (χ1v) is 8.48.